The Hall–Kier alpha value is -3.85. The molecule has 1 N–H and O–H groups in total. The highest BCUT2D eigenvalue weighted by molar-refractivity contribution is 7.17. The predicted octanol–water partition coefficient (Wildman–Crippen LogP) is 3.60. The van der Waals surface area contributed by atoms with E-state index in [1.54, 1.807) is 55.9 Å². The van der Waals surface area contributed by atoms with Gasteiger partial charge in [-0.3, -0.25) is 19.0 Å². The number of halogens is 1. The van der Waals surface area contributed by atoms with Crippen LogP contribution in [-0.2, 0) is 11.3 Å². The maximum absolute atomic E-state index is 13.3. The molecule has 0 saturated carbocycles. The molecule has 7 nitrogen and oxygen atoms in total. The van der Waals surface area contributed by atoms with E-state index in [4.69, 9.17) is 0 Å². The SMILES string of the molecule is CN(C)C(=O)c1cccc(NC(=O)Cn2cnc3scc(-c4ccc(F)cc4)c3c2=O)c1. The lowest BCUT2D eigenvalue weighted by Gasteiger charge is -2.12. The van der Waals surface area contributed by atoms with Crippen molar-refractivity contribution < 1.29 is 14.0 Å². The van der Waals surface area contributed by atoms with Gasteiger partial charge >= 0.3 is 0 Å². The molecule has 32 heavy (non-hydrogen) atoms. The second-order valence-corrected chi connectivity index (χ2v) is 8.20. The molecule has 162 valence electrons. The van der Waals surface area contributed by atoms with Gasteiger partial charge in [-0.05, 0) is 35.9 Å². The molecule has 0 fully saturated rings. The Morgan fingerprint density at radius 1 is 1.16 bits per heavy atom. The molecule has 0 radical (unpaired) electrons. The first-order chi connectivity index (χ1) is 15.3. The minimum atomic E-state index is -0.429. The Morgan fingerprint density at radius 2 is 1.91 bits per heavy atom. The van der Waals surface area contributed by atoms with Crippen LogP contribution < -0.4 is 10.9 Å². The number of amides is 2. The van der Waals surface area contributed by atoms with Gasteiger partial charge in [0.1, 0.15) is 17.2 Å². The lowest BCUT2D eigenvalue weighted by Crippen LogP contribution is -2.28. The molecule has 0 atom stereocenters. The quantitative estimate of drug-likeness (QED) is 0.504. The van der Waals surface area contributed by atoms with E-state index in [-0.39, 0.29) is 23.8 Å². The summed E-state index contributed by atoms with van der Waals surface area (Å²) in [5.41, 5.74) is 1.87. The third-order valence-electron chi connectivity index (χ3n) is 4.83. The minimum absolute atomic E-state index is 0.183. The fourth-order valence-corrected chi connectivity index (χ4v) is 4.17. The number of thiophene rings is 1. The van der Waals surface area contributed by atoms with Crippen LogP contribution in [0.5, 0.6) is 0 Å². The number of hydrogen-bond donors (Lipinski definition) is 1. The van der Waals surface area contributed by atoms with Crippen molar-refractivity contribution in [3.05, 3.63) is 82.0 Å². The van der Waals surface area contributed by atoms with Crippen LogP contribution in [-0.4, -0.2) is 40.4 Å². The van der Waals surface area contributed by atoms with E-state index in [9.17, 15) is 18.8 Å². The topological polar surface area (TPSA) is 84.3 Å². The first-order valence-electron chi connectivity index (χ1n) is 9.67. The van der Waals surface area contributed by atoms with Crippen molar-refractivity contribution in [2.45, 2.75) is 6.54 Å². The third kappa shape index (κ3) is 4.28. The van der Waals surface area contributed by atoms with E-state index in [0.717, 1.165) is 0 Å². The van der Waals surface area contributed by atoms with Gasteiger partial charge in [-0.2, -0.15) is 0 Å². The average Bonchev–Trinajstić information content (AvgIpc) is 3.20. The van der Waals surface area contributed by atoms with Crippen molar-refractivity contribution in [2.75, 3.05) is 19.4 Å². The van der Waals surface area contributed by atoms with E-state index in [1.165, 1.54) is 39.3 Å². The maximum atomic E-state index is 13.3. The molecule has 0 unspecified atom stereocenters. The molecule has 0 aliphatic heterocycles. The minimum Gasteiger partial charge on any atom is -0.345 e. The highest BCUT2D eigenvalue weighted by Crippen LogP contribution is 2.30. The van der Waals surface area contributed by atoms with Gasteiger partial charge in [0.15, 0.2) is 0 Å². The lowest BCUT2D eigenvalue weighted by atomic mass is 10.1. The van der Waals surface area contributed by atoms with Gasteiger partial charge in [0, 0.05) is 36.3 Å². The molecule has 0 bridgehead atoms. The number of hydrogen-bond acceptors (Lipinski definition) is 5. The van der Waals surface area contributed by atoms with Crippen molar-refractivity contribution >= 4 is 39.1 Å². The van der Waals surface area contributed by atoms with Gasteiger partial charge in [-0.1, -0.05) is 18.2 Å². The summed E-state index contributed by atoms with van der Waals surface area (Å²) in [4.78, 5) is 44.1. The zero-order chi connectivity index (χ0) is 22.8. The highest BCUT2D eigenvalue weighted by atomic mass is 32.1. The molecule has 4 rings (SSSR count). The summed E-state index contributed by atoms with van der Waals surface area (Å²) in [7, 11) is 3.29. The Balaban J connectivity index is 1.59. The molecular formula is C23H19FN4O3S. The van der Waals surface area contributed by atoms with Crippen LogP contribution in [0.1, 0.15) is 10.4 Å². The second kappa shape index (κ2) is 8.72. The number of benzene rings is 2. The van der Waals surface area contributed by atoms with Crippen molar-refractivity contribution in [1.29, 1.82) is 0 Å². The number of fused-ring (bicyclic) bond motifs is 1. The van der Waals surface area contributed by atoms with Crippen LogP contribution in [0.15, 0.2) is 65.0 Å². The molecule has 0 saturated heterocycles. The van der Waals surface area contributed by atoms with E-state index in [2.05, 4.69) is 10.3 Å². The number of carbonyl (C=O) groups excluding carboxylic acids is 2. The first kappa shape index (κ1) is 21.4. The molecule has 2 aromatic heterocycles. The molecule has 0 aliphatic carbocycles. The number of anilines is 1. The fraction of sp³-hybridized carbons (Fsp3) is 0.130. The summed E-state index contributed by atoms with van der Waals surface area (Å²) in [6.07, 6.45) is 1.33. The summed E-state index contributed by atoms with van der Waals surface area (Å²) in [5.74, 6) is -0.976. The number of nitrogens with zero attached hydrogens (tertiary/aromatic N) is 3. The Bertz CT molecular complexity index is 1380. The largest absolute Gasteiger partial charge is 0.345 e. The number of rotatable bonds is 5. The molecule has 4 aromatic rings. The summed E-state index contributed by atoms with van der Waals surface area (Å²) in [6, 6.07) is 12.4. The Kier molecular flexibility index (Phi) is 5.83. The Morgan fingerprint density at radius 3 is 2.62 bits per heavy atom. The highest BCUT2D eigenvalue weighted by Gasteiger charge is 2.15. The number of carbonyl (C=O) groups is 2. The van der Waals surface area contributed by atoms with E-state index >= 15 is 0 Å². The smallest absolute Gasteiger partial charge is 0.263 e. The third-order valence-corrected chi connectivity index (χ3v) is 5.72. The van der Waals surface area contributed by atoms with Gasteiger partial charge in [0.05, 0.1) is 11.7 Å². The van der Waals surface area contributed by atoms with Gasteiger partial charge < -0.3 is 10.2 Å². The summed E-state index contributed by atoms with van der Waals surface area (Å²) in [5, 5.41) is 4.89. The van der Waals surface area contributed by atoms with Crippen LogP contribution in [0, 0.1) is 5.82 Å². The predicted molar refractivity (Wildman–Crippen MR) is 122 cm³/mol. The van der Waals surface area contributed by atoms with Crippen molar-refractivity contribution in [3.63, 3.8) is 0 Å². The average molecular weight is 450 g/mol. The van der Waals surface area contributed by atoms with Gasteiger partial charge in [-0.25, -0.2) is 9.37 Å². The van der Waals surface area contributed by atoms with Gasteiger partial charge in [0.25, 0.3) is 11.5 Å². The molecule has 2 aromatic carbocycles. The molecule has 2 heterocycles. The van der Waals surface area contributed by atoms with E-state index in [0.29, 0.717) is 32.6 Å². The number of aromatic nitrogens is 2. The van der Waals surface area contributed by atoms with Gasteiger partial charge in [-0.15, -0.1) is 11.3 Å². The van der Waals surface area contributed by atoms with Crippen molar-refractivity contribution in [2.24, 2.45) is 0 Å². The molecule has 0 aliphatic rings. The van der Waals surface area contributed by atoms with Crippen LogP contribution in [0.2, 0.25) is 0 Å². The first-order valence-corrected chi connectivity index (χ1v) is 10.6. The molecule has 9 heteroatoms. The van der Waals surface area contributed by atoms with Crippen LogP contribution >= 0.6 is 11.3 Å². The van der Waals surface area contributed by atoms with Crippen molar-refractivity contribution in [1.82, 2.24) is 14.5 Å². The summed E-state index contributed by atoms with van der Waals surface area (Å²) in [6.45, 7) is -0.244. The molecule has 2 amide bonds. The normalized spacial score (nSPS) is 10.8. The second-order valence-electron chi connectivity index (χ2n) is 7.34. The Labute approximate surface area is 186 Å². The fourth-order valence-electron chi connectivity index (χ4n) is 3.27. The zero-order valence-electron chi connectivity index (χ0n) is 17.3. The van der Waals surface area contributed by atoms with Crippen LogP contribution in [0.25, 0.3) is 21.3 Å². The summed E-state index contributed by atoms with van der Waals surface area (Å²) >= 11 is 1.31. The lowest BCUT2D eigenvalue weighted by molar-refractivity contribution is -0.116. The van der Waals surface area contributed by atoms with E-state index in [1.807, 2.05) is 0 Å². The number of nitrogens with one attached hydrogen (secondary N) is 1. The standard InChI is InChI=1S/C23H19FN4O3S/c1-27(2)22(30)15-4-3-5-17(10-15)26-19(29)11-28-13-25-21-20(23(28)31)18(12-32-21)14-6-8-16(24)9-7-14/h3-10,12-13H,11H2,1-2H3,(H,26,29). The van der Waals surface area contributed by atoms with E-state index < -0.39 is 5.91 Å². The van der Waals surface area contributed by atoms with Gasteiger partial charge in [0.2, 0.25) is 5.91 Å². The monoisotopic (exact) mass is 450 g/mol. The molecule has 0 spiro atoms. The molecular weight excluding hydrogens is 431 g/mol. The van der Waals surface area contributed by atoms with Crippen LogP contribution in [0.3, 0.4) is 0 Å². The summed E-state index contributed by atoms with van der Waals surface area (Å²) < 4.78 is 14.5. The maximum Gasteiger partial charge on any atom is 0.263 e. The zero-order valence-corrected chi connectivity index (χ0v) is 18.1. The van der Waals surface area contributed by atoms with Crippen LogP contribution in [0.4, 0.5) is 10.1 Å². The van der Waals surface area contributed by atoms with Crippen molar-refractivity contribution in [3.8, 4) is 11.1 Å².